The summed E-state index contributed by atoms with van der Waals surface area (Å²) in [5.74, 6) is -0.607. The Kier molecular flexibility index (Phi) is 6.32. The molecule has 1 aromatic rings. The van der Waals surface area contributed by atoms with Crippen LogP contribution in [0.2, 0.25) is 0 Å². The molecule has 0 saturated heterocycles. The van der Waals surface area contributed by atoms with Gasteiger partial charge in [0.05, 0.1) is 5.56 Å². The summed E-state index contributed by atoms with van der Waals surface area (Å²) >= 11 is 0. The Labute approximate surface area is 146 Å². The molecule has 0 fully saturated rings. The van der Waals surface area contributed by atoms with Gasteiger partial charge in [0, 0.05) is 27.2 Å². The summed E-state index contributed by atoms with van der Waals surface area (Å²) in [5, 5.41) is 9.20. The first kappa shape index (κ1) is 20.2. The molecule has 1 N–H and O–H groups in total. The monoisotopic (exact) mass is 353 g/mol. The van der Waals surface area contributed by atoms with Crippen molar-refractivity contribution in [3.05, 3.63) is 23.9 Å². The Bertz CT molecular complexity index is 656. The fourth-order valence-electron chi connectivity index (χ4n) is 1.91. The number of rotatable bonds is 4. The van der Waals surface area contributed by atoms with Crippen molar-refractivity contribution in [2.75, 3.05) is 19.0 Å². The van der Waals surface area contributed by atoms with Crippen LogP contribution in [0.3, 0.4) is 0 Å². The molecule has 0 aliphatic rings. The minimum absolute atomic E-state index is 0.0386. The highest BCUT2D eigenvalue weighted by Gasteiger charge is 2.32. The van der Waals surface area contributed by atoms with Crippen LogP contribution in [-0.4, -0.2) is 52.8 Å². The fourth-order valence-corrected chi connectivity index (χ4v) is 1.91. The Morgan fingerprint density at radius 2 is 1.84 bits per heavy atom. The lowest BCUT2D eigenvalue weighted by Crippen LogP contribution is -2.39. The lowest BCUT2D eigenvalue weighted by atomic mass is 10.2. The van der Waals surface area contributed by atoms with Gasteiger partial charge in [0.2, 0.25) is 6.23 Å². The molecule has 1 unspecified atom stereocenters. The van der Waals surface area contributed by atoms with E-state index in [-0.39, 0.29) is 11.4 Å². The molecule has 1 rings (SSSR count). The van der Waals surface area contributed by atoms with E-state index in [0.717, 1.165) is 9.80 Å². The summed E-state index contributed by atoms with van der Waals surface area (Å²) in [6.07, 6.45) is -1.78. The first-order valence-corrected chi connectivity index (χ1v) is 7.48. The molecule has 0 bridgehead atoms. The predicted molar refractivity (Wildman–Crippen MR) is 89.2 cm³/mol. The number of anilines is 1. The maximum atomic E-state index is 12.3. The molecule has 9 heteroatoms. The van der Waals surface area contributed by atoms with E-state index >= 15 is 0 Å². The third kappa shape index (κ3) is 5.63. The molecule has 2 amide bonds. The summed E-state index contributed by atoms with van der Waals surface area (Å²) in [6.45, 7) is 6.29. The zero-order valence-corrected chi connectivity index (χ0v) is 15.1. The number of amides is 2. The average molecular weight is 353 g/mol. The van der Waals surface area contributed by atoms with Crippen molar-refractivity contribution in [1.82, 2.24) is 9.88 Å². The standard InChI is InChI=1S/C16H23N3O6/c1-10(20)24-13(19(6)15(23)25-16(2,3)4)11-8-7-9-17-12(11)18(5)14(21)22/h7-9,13H,1-6H3,(H,21,22). The van der Waals surface area contributed by atoms with Crippen molar-refractivity contribution in [3.8, 4) is 0 Å². The van der Waals surface area contributed by atoms with Gasteiger partial charge in [-0.15, -0.1) is 0 Å². The molecule has 0 aliphatic heterocycles. The number of ether oxygens (including phenoxy) is 2. The van der Waals surface area contributed by atoms with E-state index in [1.807, 2.05) is 0 Å². The molecule has 0 aromatic carbocycles. The van der Waals surface area contributed by atoms with Crippen LogP contribution in [0.5, 0.6) is 0 Å². The lowest BCUT2D eigenvalue weighted by Gasteiger charge is -2.31. The number of hydrogen-bond donors (Lipinski definition) is 1. The molecule has 0 radical (unpaired) electrons. The van der Waals surface area contributed by atoms with Gasteiger partial charge in [-0.1, -0.05) is 0 Å². The van der Waals surface area contributed by atoms with Crippen LogP contribution in [-0.2, 0) is 14.3 Å². The van der Waals surface area contributed by atoms with E-state index in [0.29, 0.717) is 0 Å². The van der Waals surface area contributed by atoms with Gasteiger partial charge in [-0.2, -0.15) is 0 Å². The smallest absolute Gasteiger partial charge is 0.413 e. The van der Waals surface area contributed by atoms with E-state index in [1.54, 1.807) is 26.8 Å². The molecular formula is C16H23N3O6. The van der Waals surface area contributed by atoms with E-state index in [1.165, 1.54) is 33.3 Å². The Morgan fingerprint density at radius 1 is 1.24 bits per heavy atom. The number of carbonyl (C=O) groups is 3. The van der Waals surface area contributed by atoms with Crippen molar-refractivity contribution in [2.24, 2.45) is 0 Å². The summed E-state index contributed by atoms with van der Waals surface area (Å²) < 4.78 is 10.5. The molecule has 1 atom stereocenters. The van der Waals surface area contributed by atoms with Gasteiger partial charge < -0.3 is 14.6 Å². The van der Waals surface area contributed by atoms with Crippen LogP contribution >= 0.6 is 0 Å². The number of carboxylic acid groups (broad SMARTS) is 1. The normalized spacial score (nSPS) is 12.1. The van der Waals surface area contributed by atoms with Crippen molar-refractivity contribution < 1.29 is 29.0 Å². The average Bonchev–Trinajstić information content (AvgIpc) is 2.49. The molecule has 1 aromatic heterocycles. The van der Waals surface area contributed by atoms with Crippen LogP contribution in [0.1, 0.15) is 39.5 Å². The summed E-state index contributed by atoms with van der Waals surface area (Å²) in [6, 6.07) is 3.07. The van der Waals surface area contributed by atoms with Gasteiger partial charge in [-0.05, 0) is 32.9 Å². The van der Waals surface area contributed by atoms with Crippen molar-refractivity contribution in [2.45, 2.75) is 39.5 Å². The second kappa shape index (κ2) is 7.82. The number of carbonyl (C=O) groups excluding carboxylic acids is 2. The highest BCUT2D eigenvalue weighted by atomic mass is 16.6. The summed E-state index contributed by atoms with van der Waals surface area (Å²) in [5.41, 5.74) is -0.516. The molecule has 138 valence electrons. The second-order valence-electron chi connectivity index (χ2n) is 6.31. The van der Waals surface area contributed by atoms with Gasteiger partial charge in [0.25, 0.3) is 0 Å². The topological polar surface area (TPSA) is 109 Å². The van der Waals surface area contributed by atoms with Crippen molar-refractivity contribution in [1.29, 1.82) is 0 Å². The van der Waals surface area contributed by atoms with Gasteiger partial charge >= 0.3 is 18.2 Å². The molecular weight excluding hydrogens is 330 g/mol. The maximum Gasteiger partial charge on any atom is 0.413 e. The predicted octanol–water partition coefficient (Wildman–Crippen LogP) is 2.62. The molecule has 9 nitrogen and oxygen atoms in total. The fraction of sp³-hybridized carbons (Fsp3) is 0.500. The highest BCUT2D eigenvalue weighted by Crippen LogP contribution is 2.29. The number of esters is 1. The minimum atomic E-state index is -1.25. The van der Waals surface area contributed by atoms with E-state index < -0.39 is 30.0 Å². The minimum Gasteiger partial charge on any atom is -0.465 e. The highest BCUT2D eigenvalue weighted by molar-refractivity contribution is 5.85. The molecule has 0 spiro atoms. The number of hydrogen-bond acceptors (Lipinski definition) is 6. The molecule has 25 heavy (non-hydrogen) atoms. The van der Waals surface area contributed by atoms with Crippen LogP contribution in [0.15, 0.2) is 18.3 Å². The Hall–Kier alpha value is -2.84. The third-order valence-electron chi connectivity index (χ3n) is 3.00. The van der Waals surface area contributed by atoms with E-state index in [4.69, 9.17) is 9.47 Å². The largest absolute Gasteiger partial charge is 0.465 e. The zero-order chi connectivity index (χ0) is 19.4. The number of pyridine rings is 1. The lowest BCUT2D eigenvalue weighted by molar-refractivity contribution is -0.155. The van der Waals surface area contributed by atoms with E-state index in [9.17, 15) is 19.5 Å². The van der Waals surface area contributed by atoms with Gasteiger partial charge in [0.15, 0.2) is 0 Å². The first-order chi connectivity index (χ1) is 11.4. The van der Waals surface area contributed by atoms with Gasteiger partial charge in [0.1, 0.15) is 11.4 Å². The maximum absolute atomic E-state index is 12.3. The quantitative estimate of drug-likeness (QED) is 0.654. The Morgan fingerprint density at radius 3 is 2.32 bits per heavy atom. The number of aromatic nitrogens is 1. The van der Waals surface area contributed by atoms with Crippen LogP contribution in [0.25, 0.3) is 0 Å². The Balaban J connectivity index is 3.30. The zero-order valence-electron chi connectivity index (χ0n) is 15.1. The third-order valence-corrected chi connectivity index (χ3v) is 3.00. The summed E-state index contributed by atoms with van der Waals surface area (Å²) in [7, 11) is 2.69. The second-order valence-corrected chi connectivity index (χ2v) is 6.31. The molecule has 0 aliphatic carbocycles. The van der Waals surface area contributed by atoms with Gasteiger partial charge in [-0.25, -0.2) is 14.6 Å². The SMILES string of the molecule is CC(=O)OC(c1cccnc1N(C)C(=O)O)N(C)C(=O)OC(C)(C)C. The first-order valence-electron chi connectivity index (χ1n) is 7.48. The van der Waals surface area contributed by atoms with Crippen molar-refractivity contribution >= 4 is 24.0 Å². The van der Waals surface area contributed by atoms with Crippen molar-refractivity contribution in [3.63, 3.8) is 0 Å². The van der Waals surface area contributed by atoms with Crippen LogP contribution in [0.4, 0.5) is 15.4 Å². The number of nitrogens with zero attached hydrogens (tertiary/aromatic N) is 3. The van der Waals surface area contributed by atoms with Gasteiger partial charge in [-0.3, -0.25) is 14.6 Å². The van der Waals surface area contributed by atoms with Crippen LogP contribution < -0.4 is 4.90 Å². The molecule has 0 saturated carbocycles. The van der Waals surface area contributed by atoms with Crippen LogP contribution in [0, 0.1) is 0 Å². The molecule has 1 heterocycles. The summed E-state index contributed by atoms with van der Waals surface area (Å²) in [4.78, 5) is 41.1. The van der Waals surface area contributed by atoms with E-state index in [2.05, 4.69) is 4.98 Å².